The number of fused-ring (bicyclic) bond motifs is 2. The summed E-state index contributed by atoms with van der Waals surface area (Å²) in [7, 11) is 0. The maximum absolute atomic E-state index is 11.1. The average Bonchev–Trinajstić information content (AvgIpc) is 2.75. The highest BCUT2D eigenvalue weighted by atomic mass is 16.5. The molecule has 0 amide bonds. The molecule has 0 aliphatic carbocycles. The summed E-state index contributed by atoms with van der Waals surface area (Å²) in [5.41, 5.74) is 1.69. The van der Waals surface area contributed by atoms with Crippen LogP contribution in [0.4, 0.5) is 0 Å². The second-order valence-electron chi connectivity index (χ2n) is 6.61. The van der Waals surface area contributed by atoms with E-state index in [0.29, 0.717) is 30.1 Å². The van der Waals surface area contributed by atoms with E-state index in [2.05, 4.69) is 0 Å². The number of ether oxygens (including phenoxy) is 4. The van der Waals surface area contributed by atoms with E-state index in [1.165, 1.54) is 6.08 Å². The molecule has 2 aliphatic rings. The van der Waals surface area contributed by atoms with Gasteiger partial charge in [-0.3, -0.25) is 0 Å². The zero-order chi connectivity index (χ0) is 20.2. The molecule has 0 fully saturated rings. The van der Waals surface area contributed by atoms with Crippen LogP contribution in [0.5, 0.6) is 23.0 Å². The second kappa shape index (κ2) is 8.28. The van der Waals surface area contributed by atoms with Gasteiger partial charge in [0.1, 0.15) is 42.3 Å². The molecule has 0 spiro atoms. The van der Waals surface area contributed by atoms with Crippen LogP contribution in [-0.4, -0.2) is 35.5 Å². The van der Waals surface area contributed by atoms with Crippen LogP contribution in [0.25, 0.3) is 0 Å². The Kier molecular flexibility index (Phi) is 5.39. The molecule has 0 saturated carbocycles. The van der Waals surface area contributed by atoms with Crippen molar-refractivity contribution in [1.82, 2.24) is 0 Å². The van der Waals surface area contributed by atoms with Gasteiger partial charge >= 0.3 is 5.97 Å². The largest absolute Gasteiger partial charge is 0.490 e. The first kappa shape index (κ1) is 18.9. The number of carbonyl (C=O) groups is 1. The lowest BCUT2D eigenvalue weighted by Crippen LogP contribution is -2.26. The molecule has 1 atom stereocenters. The smallest absolute Gasteiger partial charge is 0.371 e. The summed E-state index contributed by atoms with van der Waals surface area (Å²) in [6, 6.07) is 10.7. The van der Waals surface area contributed by atoms with Gasteiger partial charge in [0.15, 0.2) is 0 Å². The predicted molar refractivity (Wildman–Crippen MR) is 103 cm³/mol. The third kappa shape index (κ3) is 4.20. The van der Waals surface area contributed by atoms with Crippen molar-refractivity contribution in [2.75, 3.05) is 13.2 Å². The number of allylic oxidation sites excluding steroid dienone is 2. The molecule has 150 valence electrons. The van der Waals surface area contributed by atoms with E-state index in [1.54, 1.807) is 24.5 Å². The number of aliphatic carboxylic acids is 1. The predicted octanol–water partition coefficient (Wildman–Crippen LogP) is 2.86. The Morgan fingerprint density at radius 2 is 1.66 bits per heavy atom. The van der Waals surface area contributed by atoms with Crippen molar-refractivity contribution in [3.63, 3.8) is 0 Å². The molecular formula is C22H20O7. The fourth-order valence-electron chi connectivity index (χ4n) is 3.16. The van der Waals surface area contributed by atoms with Crippen LogP contribution in [-0.2, 0) is 17.6 Å². The Morgan fingerprint density at radius 1 is 1.00 bits per heavy atom. The van der Waals surface area contributed by atoms with Gasteiger partial charge in [0.25, 0.3) is 0 Å². The molecule has 7 heteroatoms. The second-order valence-corrected chi connectivity index (χ2v) is 6.61. The molecule has 29 heavy (non-hydrogen) atoms. The molecule has 0 aromatic heterocycles. The average molecular weight is 396 g/mol. The summed E-state index contributed by atoms with van der Waals surface area (Å²) < 4.78 is 22.3. The Hall–Kier alpha value is -3.45. The fraction of sp³-hybridized carbons (Fsp3) is 0.227. The molecule has 4 rings (SSSR count). The Bertz CT molecular complexity index is 977. The Morgan fingerprint density at radius 3 is 2.34 bits per heavy atom. The number of carboxylic acids is 1. The van der Waals surface area contributed by atoms with E-state index in [-0.39, 0.29) is 19.0 Å². The molecule has 7 nitrogen and oxygen atoms in total. The van der Waals surface area contributed by atoms with Crippen molar-refractivity contribution in [3.8, 4) is 23.0 Å². The fourth-order valence-corrected chi connectivity index (χ4v) is 3.16. The third-order valence-electron chi connectivity index (χ3n) is 4.58. The van der Waals surface area contributed by atoms with E-state index in [4.69, 9.17) is 24.1 Å². The number of benzene rings is 2. The van der Waals surface area contributed by atoms with Gasteiger partial charge in [-0.15, -0.1) is 0 Å². The van der Waals surface area contributed by atoms with Gasteiger partial charge in [-0.1, -0.05) is 12.1 Å². The van der Waals surface area contributed by atoms with Gasteiger partial charge in [-0.25, -0.2) is 4.79 Å². The van der Waals surface area contributed by atoms with Gasteiger partial charge in [0.05, 0.1) is 6.26 Å². The van der Waals surface area contributed by atoms with E-state index in [0.717, 1.165) is 16.9 Å². The van der Waals surface area contributed by atoms with Gasteiger partial charge in [-0.05, 0) is 36.4 Å². The lowest BCUT2D eigenvalue weighted by Gasteiger charge is -2.21. The van der Waals surface area contributed by atoms with Crippen molar-refractivity contribution < 1.29 is 34.0 Å². The number of rotatable bonds is 7. The van der Waals surface area contributed by atoms with Crippen LogP contribution in [0.3, 0.4) is 0 Å². The third-order valence-corrected chi connectivity index (χ3v) is 4.58. The van der Waals surface area contributed by atoms with Gasteiger partial charge in [0.2, 0.25) is 5.76 Å². The quantitative estimate of drug-likeness (QED) is 0.743. The lowest BCUT2D eigenvalue weighted by atomic mass is 10.1. The first-order valence-electron chi connectivity index (χ1n) is 9.22. The van der Waals surface area contributed by atoms with E-state index in [9.17, 15) is 9.90 Å². The van der Waals surface area contributed by atoms with Gasteiger partial charge in [0, 0.05) is 24.0 Å². The Balaban J connectivity index is 1.35. The molecule has 0 radical (unpaired) electrons. The SMILES string of the molecule is O=C(O)C1=CCc2c(OCC(O)COc3cccc4c3CC=CO4)cccc2O1. The van der Waals surface area contributed by atoms with Crippen molar-refractivity contribution in [1.29, 1.82) is 0 Å². The molecule has 1 unspecified atom stereocenters. The van der Waals surface area contributed by atoms with Crippen molar-refractivity contribution >= 4 is 5.97 Å². The lowest BCUT2D eigenvalue weighted by molar-refractivity contribution is -0.135. The number of hydrogen-bond acceptors (Lipinski definition) is 6. The first-order chi connectivity index (χ1) is 14.1. The van der Waals surface area contributed by atoms with E-state index < -0.39 is 12.1 Å². The van der Waals surface area contributed by atoms with Crippen molar-refractivity contribution in [2.45, 2.75) is 18.9 Å². The minimum absolute atomic E-state index is 0.0252. The summed E-state index contributed by atoms with van der Waals surface area (Å²) in [5, 5.41) is 19.3. The van der Waals surface area contributed by atoms with Gasteiger partial charge in [-0.2, -0.15) is 0 Å². The molecule has 2 heterocycles. The molecule has 2 N–H and O–H groups in total. The minimum atomic E-state index is -1.11. The van der Waals surface area contributed by atoms with Crippen LogP contribution >= 0.6 is 0 Å². The zero-order valence-corrected chi connectivity index (χ0v) is 15.5. The molecule has 2 aromatic carbocycles. The normalized spacial score (nSPS) is 15.1. The van der Waals surface area contributed by atoms with Crippen LogP contribution in [0, 0.1) is 0 Å². The van der Waals surface area contributed by atoms with Crippen molar-refractivity contribution in [2.24, 2.45) is 0 Å². The molecule has 2 aliphatic heterocycles. The summed E-state index contributed by atoms with van der Waals surface area (Å²) >= 11 is 0. The first-order valence-corrected chi connectivity index (χ1v) is 9.22. The number of aliphatic hydroxyl groups is 1. The van der Waals surface area contributed by atoms with E-state index >= 15 is 0 Å². The van der Waals surface area contributed by atoms with Gasteiger partial charge < -0.3 is 29.2 Å². The highest BCUT2D eigenvalue weighted by molar-refractivity contribution is 5.85. The number of aliphatic hydroxyl groups excluding tert-OH is 1. The van der Waals surface area contributed by atoms with Crippen LogP contribution < -0.4 is 18.9 Å². The van der Waals surface area contributed by atoms with Crippen molar-refractivity contribution in [3.05, 3.63) is 71.7 Å². The summed E-state index contributed by atoms with van der Waals surface area (Å²) in [6.07, 6.45) is 5.28. The Labute approximate surface area is 167 Å². The maximum Gasteiger partial charge on any atom is 0.371 e. The van der Waals surface area contributed by atoms with Crippen LogP contribution in [0.2, 0.25) is 0 Å². The standard InChI is InChI=1S/C22H20O7/c23-14(12-27-18-6-1-5-17-15(18)4-3-11-26-17)13-28-19-7-2-8-20-16(19)9-10-21(29-20)22(24)25/h1-3,5-8,10-11,14,23H,4,9,12-13H2,(H,24,25). The number of hydrogen-bond donors (Lipinski definition) is 2. The monoisotopic (exact) mass is 396 g/mol. The molecular weight excluding hydrogens is 376 g/mol. The molecule has 0 bridgehead atoms. The zero-order valence-electron chi connectivity index (χ0n) is 15.5. The highest BCUT2D eigenvalue weighted by Gasteiger charge is 2.21. The molecule has 0 saturated heterocycles. The topological polar surface area (TPSA) is 94.5 Å². The number of carboxylic acid groups (broad SMARTS) is 1. The van der Waals surface area contributed by atoms with Crippen LogP contribution in [0.1, 0.15) is 11.1 Å². The molecule has 2 aromatic rings. The highest BCUT2D eigenvalue weighted by Crippen LogP contribution is 2.34. The maximum atomic E-state index is 11.1. The summed E-state index contributed by atoms with van der Waals surface area (Å²) in [6.45, 7) is 0.0894. The summed E-state index contributed by atoms with van der Waals surface area (Å²) in [5.74, 6) is 1.18. The minimum Gasteiger partial charge on any atom is -0.490 e. The summed E-state index contributed by atoms with van der Waals surface area (Å²) in [4.78, 5) is 11.1. The van der Waals surface area contributed by atoms with Crippen LogP contribution in [0.15, 0.2) is 60.6 Å². The van der Waals surface area contributed by atoms with E-state index in [1.807, 2.05) is 24.3 Å².